The average Bonchev–Trinajstić information content (AvgIpc) is 2.34. The molecule has 0 fully saturated rings. The van der Waals surface area contributed by atoms with Gasteiger partial charge in [-0.05, 0) is 44.0 Å². The van der Waals surface area contributed by atoms with Crippen LogP contribution in [0.25, 0.3) is 0 Å². The van der Waals surface area contributed by atoms with Gasteiger partial charge in [-0.1, -0.05) is 6.07 Å². The van der Waals surface area contributed by atoms with Gasteiger partial charge in [-0.3, -0.25) is 0 Å². The number of anilines is 3. The zero-order valence-electron chi connectivity index (χ0n) is 11.9. The van der Waals surface area contributed by atoms with Crippen molar-refractivity contribution in [3.63, 3.8) is 0 Å². The third kappa shape index (κ3) is 3.69. The Bertz CT molecular complexity index is 638. The molecule has 0 aliphatic carbocycles. The second kappa shape index (κ2) is 6.02. The van der Waals surface area contributed by atoms with Gasteiger partial charge in [0.05, 0.1) is 6.07 Å². The third-order valence-electron chi connectivity index (χ3n) is 2.68. The molecule has 5 heteroatoms. The van der Waals surface area contributed by atoms with E-state index in [-0.39, 0.29) is 6.54 Å². The highest BCUT2D eigenvalue weighted by molar-refractivity contribution is 5.60. The fourth-order valence-corrected chi connectivity index (χ4v) is 2.05. The zero-order valence-corrected chi connectivity index (χ0v) is 11.9. The first-order valence-corrected chi connectivity index (χ1v) is 6.38. The molecule has 5 nitrogen and oxygen atoms in total. The van der Waals surface area contributed by atoms with Gasteiger partial charge in [-0.2, -0.15) is 5.26 Å². The molecule has 1 heterocycles. The van der Waals surface area contributed by atoms with Gasteiger partial charge >= 0.3 is 0 Å². The summed E-state index contributed by atoms with van der Waals surface area (Å²) in [5.74, 6) is 2.01. The van der Waals surface area contributed by atoms with Crippen LogP contribution >= 0.6 is 0 Å². The van der Waals surface area contributed by atoms with Crippen LogP contribution in [0.4, 0.5) is 17.3 Å². The molecule has 0 atom stereocenters. The van der Waals surface area contributed by atoms with Crippen molar-refractivity contribution in [1.82, 2.24) is 9.97 Å². The lowest BCUT2D eigenvalue weighted by atomic mass is 10.1. The number of nitrogens with one attached hydrogen (secondary N) is 2. The van der Waals surface area contributed by atoms with E-state index in [2.05, 4.69) is 52.6 Å². The molecule has 102 valence electrons. The molecule has 0 saturated carbocycles. The Labute approximate surface area is 118 Å². The zero-order chi connectivity index (χ0) is 14.5. The summed E-state index contributed by atoms with van der Waals surface area (Å²) in [5, 5.41) is 14.8. The van der Waals surface area contributed by atoms with Crippen molar-refractivity contribution < 1.29 is 0 Å². The molecule has 0 aliphatic rings. The normalized spacial score (nSPS) is 9.90. The maximum atomic E-state index is 8.59. The van der Waals surface area contributed by atoms with Gasteiger partial charge in [0.25, 0.3) is 0 Å². The summed E-state index contributed by atoms with van der Waals surface area (Å²) in [7, 11) is 0. The summed E-state index contributed by atoms with van der Waals surface area (Å²) in [6.07, 6.45) is 0. The molecule has 0 saturated heterocycles. The average molecular weight is 267 g/mol. The van der Waals surface area contributed by atoms with Crippen LogP contribution < -0.4 is 10.6 Å². The second-order valence-corrected chi connectivity index (χ2v) is 4.70. The summed E-state index contributed by atoms with van der Waals surface area (Å²) in [4.78, 5) is 8.59. The Balaban J connectivity index is 2.24. The molecule has 0 amide bonds. The highest BCUT2D eigenvalue weighted by atomic mass is 15.1. The van der Waals surface area contributed by atoms with E-state index in [1.807, 2.05) is 13.0 Å². The van der Waals surface area contributed by atoms with Crippen molar-refractivity contribution in [3.8, 4) is 6.07 Å². The quantitative estimate of drug-likeness (QED) is 0.833. The number of benzene rings is 1. The number of aromatic nitrogens is 2. The fraction of sp³-hybridized carbons (Fsp3) is 0.267. The van der Waals surface area contributed by atoms with E-state index in [9.17, 15) is 0 Å². The van der Waals surface area contributed by atoms with E-state index in [4.69, 9.17) is 5.26 Å². The lowest BCUT2D eigenvalue weighted by molar-refractivity contribution is 1.05. The van der Waals surface area contributed by atoms with Crippen LogP contribution in [0.5, 0.6) is 0 Å². The van der Waals surface area contributed by atoms with Gasteiger partial charge in [-0.25, -0.2) is 9.97 Å². The smallest absolute Gasteiger partial charge is 0.136 e. The third-order valence-corrected chi connectivity index (χ3v) is 2.68. The molecular weight excluding hydrogens is 250 g/mol. The molecule has 20 heavy (non-hydrogen) atoms. The van der Waals surface area contributed by atoms with Crippen LogP contribution in [0.2, 0.25) is 0 Å². The Hall–Kier alpha value is -2.61. The lowest BCUT2D eigenvalue weighted by Crippen LogP contribution is -2.05. The minimum Gasteiger partial charge on any atom is -0.357 e. The first kappa shape index (κ1) is 13.8. The van der Waals surface area contributed by atoms with Crippen LogP contribution in [0.3, 0.4) is 0 Å². The number of nitrogens with zero attached hydrogens (tertiary/aromatic N) is 3. The van der Waals surface area contributed by atoms with Gasteiger partial charge in [-0.15, -0.1) is 0 Å². The first-order chi connectivity index (χ1) is 9.56. The molecule has 1 aromatic carbocycles. The topological polar surface area (TPSA) is 73.6 Å². The molecule has 2 aromatic rings. The molecule has 2 N–H and O–H groups in total. The summed E-state index contributed by atoms with van der Waals surface area (Å²) < 4.78 is 0. The Morgan fingerprint density at radius 2 is 1.65 bits per heavy atom. The monoisotopic (exact) mass is 267 g/mol. The van der Waals surface area contributed by atoms with Crippen molar-refractivity contribution in [1.29, 1.82) is 5.26 Å². The predicted octanol–water partition coefficient (Wildman–Crippen LogP) is 3.08. The standard InChI is InChI=1S/C15H17N5/c1-10-6-11(2)8-13(7-10)20-15-9-14(17-5-4-16)18-12(3)19-15/h6-9H,5H2,1-3H3,(H2,17,18,19,20). The minimum atomic E-state index is 0.222. The summed E-state index contributed by atoms with van der Waals surface area (Å²) in [6, 6.07) is 10.1. The van der Waals surface area contributed by atoms with Gasteiger partial charge in [0.15, 0.2) is 0 Å². The van der Waals surface area contributed by atoms with E-state index >= 15 is 0 Å². The van der Waals surface area contributed by atoms with Crippen molar-refractivity contribution in [2.75, 3.05) is 17.2 Å². The molecule has 0 radical (unpaired) electrons. The molecule has 0 aliphatic heterocycles. The van der Waals surface area contributed by atoms with Gasteiger partial charge in [0.1, 0.15) is 24.0 Å². The largest absolute Gasteiger partial charge is 0.357 e. The summed E-state index contributed by atoms with van der Waals surface area (Å²) in [5.41, 5.74) is 3.38. The van der Waals surface area contributed by atoms with Crippen molar-refractivity contribution in [3.05, 3.63) is 41.2 Å². The molecule has 0 unspecified atom stereocenters. The molecular formula is C15H17N5. The maximum absolute atomic E-state index is 8.59. The molecule has 1 aromatic heterocycles. The number of nitriles is 1. The molecule has 0 bridgehead atoms. The maximum Gasteiger partial charge on any atom is 0.136 e. The predicted molar refractivity (Wildman–Crippen MR) is 80.1 cm³/mol. The van der Waals surface area contributed by atoms with Crippen LogP contribution in [-0.4, -0.2) is 16.5 Å². The highest BCUT2D eigenvalue weighted by Crippen LogP contribution is 2.20. The van der Waals surface area contributed by atoms with Crippen LogP contribution in [0.15, 0.2) is 24.3 Å². The lowest BCUT2D eigenvalue weighted by Gasteiger charge is -2.10. The van der Waals surface area contributed by atoms with E-state index in [1.165, 1.54) is 11.1 Å². The van der Waals surface area contributed by atoms with Crippen LogP contribution in [0, 0.1) is 32.1 Å². The second-order valence-electron chi connectivity index (χ2n) is 4.70. The number of rotatable bonds is 4. The fourth-order valence-electron chi connectivity index (χ4n) is 2.05. The van der Waals surface area contributed by atoms with E-state index in [0.29, 0.717) is 17.5 Å². The Kier molecular flexibility index (Phi) is 4.16. The van der Waals surface area contributed by atoms with E-state index < -0.39 is 0 Å². The van der Waals surface area contributed by atoms with Crippen LogP contribution in [-0.2, 0) is 0 Å². The van der Waals surface area contributed by atoms with E-state index in [1.54, 1.807) is 6.07 Å². The Morgan fingerprint density at radius 3 is 2.30 bits per heavy atom. The van der Waals surface area contributed by atoms with Crippen molar-refractivity contribution in [2.24, 2.45) is 0 Å². The van der Waals surface area contributed by atoms with Crippen LogP contribution in [0.1, 0.15) is 17.0 Å². The summed E-state index contributed by atoms with van der Waals surface area (Å²) >= 11 is 0. The number of aryl methyl sites for hydroxylation is 3. The van der Waals surface area contributed by atoms with Gasteiger partial charge in [0, 0.05) is 11.8 Å². The molecule has 0 spiro atoms. The van der Waals surface area contributed by atoms with Gasteiger partial charge < -0.3 is 10.6 Å². The van der Waals surface area contributed by atoms with Crippen molar-refractivity contribution in [2.45, 2.75) is 20.8 Å². The SMILES string of the molecule is Cc1cc(C)cc(Nc2cc(NCC#N)nc(C)n2)c1. The van der Waals surface area contributed by atoms with Gasteiger partial charge in [0.2, 0.25) is 0 Å². The highest BCUT2D eigenvalue weighted by Gasteiger charge is 2.03. The number of hydrogen-bond acceptors (Lipinski definition) is 5. The van der Waals surface area contributed by atoms with Crippen molar-refractivity contribution >= 4 is 17.3 Å². The number of hydrogen-bond donors (Lipinski definition) is 2. The minimum absolute atomic E-state index is 0.222. The van der Waals surface area contributed by atoms with E-state index in [0.717, 1.165) is 5.69 Å². The first-order valence-electron chi connectivity index (χ1n) is 6.38. The Morgan fingerprint density at radius 1 is 1.00 bits per heavy atom. The molecule has 2 rings (SSSR count). The summed E-state index contributed by atoms with van der Waals surface area (Å²) in [6.45, 7) is 6.16.